The molecule has 0 saturated heterocycles. The smallest absolute Gasteiger partial charge is 0.219 e. The summed E-state index contributed by atoms with van der Waals surface area (Å²) in [5, 5.41) is 3.06. The monoisotopic (exact) mass is 312 g/mol. The molecule has 0 bridgehead atoms. The molecule has 0 atom stereocenters. The third kappa shape index (κ3) is 5.29. The number of aromatic nitrogens is 1. The number of rotatable bonds is 5. The van der Waals surface area contributed by atoms with Gasteiger partial charge in [0, 0.05) is 18.3 Å². The zero-order valence-electron chi connectivity index (χ0n) is 14.1. The number of guanidine groups is 1. The van der Waals surface area contributed by atoms with Crippen LogP contribution in [0.1, 0.15) is 30.5 Å². The van der Waals surface area contributed by atoms with Gasteiger partial charge >= 0.3 is 0 Å². The lowest BCUT2D eigenvalue weighted by atomic mass is 10.1. The van der Waals surface area contributed by atoms with E-state index in [-0.39, 0.29) is 6.04 Å². The maximum absolute atomic E-state index is 5.82. The van der Waals surface area contributed by atoms with Gasteiger partial charge in [-0.05, 0) is 62.6 Å². The van der Waals surface area contributed by atoms with E-state index in [1.165, 1.54) is 11.1 Å². The number of nitrogens with two attached hydrogens (primary N) is 1. The van der Waals surface area contributed by atoms with E-state index < -0.39 is 0 Å². The normalized spacial score (nSPS) is 11.6. The summed E-state index contributed by atoms with van der Waals surface area (Å²) in [7, 11) is 0. The van der Waals surface area contributed by atoms with E-state index in [1.807, 2.05) is 44.2 Å². The van der Waals surface area contributed by atoms with Crippen LogP contribution in [0.2, 0.25) is 0 Å². The Morgan fingerprint density at radius 1 is 1.22 bits per heavy atom. The first-order chi connectivity index (χ1) is 10.9. The zero-order valence-corrected chi connectivity index (χ0v) is 14.1. The van der Waals surface area contributed by atoms with Crippen LogP contribution < -0.4 is 15.8 Å². The van der Waals surface area contributed by atoms with Gasteiger partial charge in [0.25, 0.3) is 0 Å². The molecule has 1 aromatic heterocycles. The van der Waals surface area contributed by atoms with Crippen LogP contribution in [0, 0.1) is 13.8 Å². The molecule has 0 aliphatic rings. The number of hydrogen-bond acceptors (Lipinski definition) is 3. The summed E-state index contributed by atoms with van der Waals surface area (Å²) in [6.45, 7) is 8.66. The number of aliphatic imine (C=N–C) groups is 1. The highest BCUT2D eigenvalue weighted by atomic mass is 16.5. The van der Waals surface area contributed by atoms with E-state index in [0.717, 1.165) is 11.3 Å². The second kappa shape index (κ2) is 7.63. The first-order valence-electron chi connectivity index (χ1n) is 7.70. The Bertz CT molecular complexity index is 695. The van der Waals surface area contributed by atoms with Gasteiger partial charge < -0.3 is 15.8 Å². The van der Waals surface area contributed by atoms with E-state index in [4.69, 9.17) is 10.5 Å². The minimum atomic E-state index is 0.264. The van der Waals surface area contributed by atoms with E-state index in [2.05, 4.69) is 29.1 Å². The predicted octanol–water partition coefficient (Wildman–Crippen LogP) is 3.30. The molecule has 1 heterocycles. The third-order valence-corrected chi connectivity index (χ3v) is 3.37. The maximum Gasteiger partial charge on any atom is 0.219 e. The lowest BCUT2D eigenvalue weighted by Gasteiger charge is -2.09. The molecule has 1 aromatic carbocycles. The van der Waals surface area contributed by atoms with Gasteiger partial charge in [-0.2, -0.15) is 0 Å². The number of benzene rings is 1. The highest BCUT2D eigenvalue weighted by molar-refractivity contribution is 5.78. The molecule has 0 aliphatic carbocycles. The minimum Gasteiger partial charge on any atom is -0.439 e. The fourth-order valence-corrected chi connectivity index (χ4v) is 2.02. The molecule has 2 aromatic rings. The molecule has 0 saturated carbocycles. The van der Waals surface area contributed by atoms with Crippen molar-refractivity contribution in [3.8, 4) is 11.6 Å². The number of ether oxygens (including phenoxy) is 1. The molecular formula is C18H24N4O. The molecule has 0 unspecified atom stereocenters. The van der Waals surface area contributed by atoms with Crippen molar-refractivity contribution in [2.75, 3.05) is 0 Å². The van der Waals surface area contributed by atoms with Crippen LogP contribution in [-0.2, 0) is 6.54 Å². The Hall–Kier alpha value is -2.56. The Morgan fingerprint density at radius 2 is 2.00 bits per heavy atom. The van der Waals surface area contributed by atoms with E-state index in [9.17, 15) is 0 Å². The minimum absolute atomic E-state index is 0.264. The maximum atomic E-state index is 5.82. The summed E-state index contributed by atoms with van der Waals surface area (Å²) >= 11 is 0. The van der Waals surface area contributed by atoms with Crippen LogP contribution in [0.25, 0.3) is 0 Å². The van der Waals surface area contributed by atoms with Gasteiger partial charge in [0.15, 0.2) is 5.96 Å². The first-order valence-corrected chi connectivity index (χ1v) is 7.70. The van der Waals surface area contributed by atoms with Crippen LogP contribution in [0.15, 0.2) is 41.5 Å². The van der Waals surface area contributed by atoms with Crippen molar-refractivity contribution in [1.29, 1.82) is 0 Å². The summed E-state index contributed by atoms with van der Waals surface area (Å²) in [5.74, 6) is 1.77. The Kier molecular flexibility index (Phi) is 5.57. The topological polar surface area (TPSA) is 72.5 Å². The van der Waals surface area contributed by atoms with Gasteiger partial charge in [0.2, 0.25) is 5.88 Å². The van der Waals surface area contributed by atoms with Gasteiger partial charge in [-0.3, -0.25) is 0 Å². The van der Waals surface area contributed by atoms with E-state index >= 15 is 0 Å². The molecular weight excluding hydrogens is 288 g/mol. The lowest BCUT2D eigenvalue weighted by molar-refractivity contribution is 0.461. The molecule has 23 heavy (non-hydrogen) atoms. The second-order valence-corrected chi connectivity index (χ2v) is 5.85. The fraction of sp³-hybridized carbons (Fsp3) is 0.333. The summed E-state index contributed by atoms with van der Waals surface area (Å²) in [6, 6.07) is 10.0. The second-order valence-electron chi connectivity index (χ2n) is 5.85. The van der Waals surface area contributed by atoms with Crippen LogP contribution in [0.3, 0.4) is 0 Å². The summed E-state index contributed by atoms with van der Waals surface area (Å²) in [4.78, 5) is 8.55. The van der Waals surface area contributed by atoms with Crippen molar-refractivity contribution in [1.82, 2.24) is 10.3 Å². The number of nitrogens with one attached hydrogen (secondary N) is 1. The Balaban J connectivity index is 2.06. The largest absolute Gasteiger partial charge is 0.439 e. The number of nitrogens with zero attached hydrogens (tertiary/aromatic N) is 2. The van der Waals surface area contributed by atoms with Gasteiger partial charge in [-0.25, -0.2) is 9.98 Å². The van der Waals surface area contributed by atoms with Crippen LogP contribution >= 0.6 is 0 Å². The number of aryl methyl sites for hydroxylation is 2. The van der Waals surface area contributed by atoms with Crippen LogP contribution in [0.4, 0.5) is 0 Å². The van der Waals surface area contributed by atoms with Gasteiger partial charge in [0.05, 0.1) is 6.54 Å². The highest BCUT2D eigenvalue weighted by Crippen LogP contribution is 2.22. The molecule has 0 radical (unpaired) electrons. The van der Waals surface area contributed by atoms with Crippen molar-refractivity contribution in [2.45, 2.75) is 40.3 Å². The molecule has 122 valence electrons. The summed E-state index contributed by atoms with van der Waals surface area (Å²) < 4.78 is 5.82. The van der Waals surface area contributed by atoms with E-state index in [1.54, 1.807) is 6.20 Å². The standard InChI is InChI=1S/C18H24N4O/c1-12(2)22-18(19)21-11-15-7-8-20-17(10-15)23-16-6-5-13(3)14(4)9-16/h5-10,12H,11H2,1-4H3,(H3,19,21,22). The Labute approximate surface area is 137 Å². The molecule has 0 amide bonds. The van der Waals surface area contributed by atoms with E-state index in [0.29, 0.717) is 18.4 Å². The number of hydrogen-bond donors (Lipinski definition) is 2. The average Bonchev–Trinajstić information content (AvgIpc) is 2.49. The molecule has 0 spiro atoms. The first kappa shape index (κ1) is 16.8. The lowest BCUT2D eigenvalue weighted by Crippen LogP contribution is -2.36. The molecule has 5 heteroatoms. The van der Waals surface area contributed by atoms with Crippen molar-refractivity contribution in [3.63, 3.8) is 0 Å². The molecule has 3 N–H and O–H groups in total. The molecule has 0 aliphatic heterocycles. The summed E-state index contributed by atoms with van der Waals surface area (Å²) in [6.07, 6.45) is 1.72. The molecule has 2 rings (SSSR count). The van der Waals surface area contributed by atoms with Gasteiger partial charge in [-0.15, -0.1) is 0 Å². The molecule has 0 fully saturated rings. The van der Waals surface area contributed by atoms with Crippen LogP contribution in [-0.4, -0.2) is 17.0 Å². The predicted molar refractivity (Wildman–Crippen MR) is 93.8 cm³/mol. The fourth-order valence-electron chi connectivity index (χ4n) is 2.02. The third-order valence-electron chi connectivity index (χ3n) is 3.37. The SMILES string of the molecule is Cc1ccc(Oc2cc(CN=C(N)NC(C)C)ccn2)cc1C. The van der Waals surface area contributed by atoms with Gasteiger partial charge in [-0.1, -0.05) is 6.07 Å². The van der Waals surface area contributed by atoms with Crippen molar-refractivity contribution in [2.24, 2.45) is 10.7 Å². The zero-order chi connectivity index (χ0) is 16.8. The average molecular weight is 312 g/mol. The number of pyridine rings is 1. The van der Waals surface area contributed by atoms with Crippen molar-refractivity contribution >= 4 is 5.96 Å². The van der Waals surface area contributed by atoms with Crippen molar-refractivity contribution < 1.29 is 4.74 Å². The van der Waals surface area contributed by atoms with Crippen molar-refractivity contribution in [3.05, 3.63) is 53.2 Å². The molecule has 5 nitrogen and oxygen atoms in total. The van der Waals surface area contributed by atoms with Gasteiger partial charge in [0.1, 0.15) is 5.75 Å². The Morgan fingerprint density at radius 3 is 2.70 bits per heavy atom. The quantitative estimate of drug-likeness (QED) is 0.656. The van der Waals surface area contributed by atoms with Crippen LogP contribution in [0.5, 0.6) is 11.6 Å². The summed E-state index contributed by atoms with van der Waals surface area (Å²) in [5.41, 5.74) is 9.23. The highest BCUT2D eigenvalue weighted by Gasteiger charge is 2.03.